The van der Waals surface area contributed by atoms with E-state index in [1.807, 2.05) is 13.1 Å². The minimum Gasteiger partial charge on any atom is -0.493 e. The van der Waals surface area contributed by atoms with E-state index in [9.17, 15) is 0 Å². The topological polar surface area (TPSA) is 30.5 Å². The Kier molecular flexibility index (Phi) is 3.04. The quantitative estimate of drug-likeness (QED) is 0.869. The zero-order valence-electron chi connectivity index (χ0n) is 11.2. The maximum atomic E-state index is 5.35. The first-order valence-electron chi connectivity index (χ1n) is 5.95. The molecule has 0 saturated heterocycles. The monoisotopic (exact) mass is 235 g/mol. The highest BCUT2D eigenvalue weighted by Gasteiger charge is 2.57. The highest BCUT2D eigenvalue weighted by molar-refractivity contribution is 5.47. The average molecular weight is 235 g/mol. The smallest absolute Gasteiger partial charge is 0.160 e. The van der Waals surface area contributed by atoms with Crippen molar-refractivity contribution in [3.05, 3.63) is 23.8 Å². The van der Waals surface area contributed by atoms with E-state index >= 15 is 0 Å². The molecule has 0 spiro atoms. The van der Waals surface area contributed by atoms with Crippen molar-refractivity contribution in [1.82, 2.24) is 5.32 Å². The van der Waals surface area contributed by atoms with Crippen molar-refractivity contribution in [2.24, 2.45) is 5.41 Å². The molecule has 2 unspecified atom stereocenters. The Balaban J connectivity index is 2.30. The van der Waals surface area contributed by atoms with Gasteiger partial charge < -0.3 is 14.8 Å². The molecule has 17 heavy (non-hydrogen) atoms. The third-order valence-electron chi connectivity index (χ3n) is 3.91. The number of methoxy groups -OCH3 is 2. The molecule has 1 N–H and O–H groups in total. The number of benzene rings is 1. The van der Waals surface area contributed by atoms with E-state index in [1.54, 1.807) is 14.2 Å². The first-order valence-corrected chi connectivity index (χ1v) is 5.95. The van der Waals surface area contributed by atoms with E-state index in [0.717, 1.165) is 11.5 Å². The normalized spacial score (nSPS) is 25.5. The van der Waals surface area contributed by atoms with Crippen LogP contribution in [0.1, 0.15) is 25.3 Å². The number of nitrogens with one attached hydrogen (secondary N) is 1. The minimum atomic E-state index is 0.314. The molecule has 1 aromatic carbocycles. The minimum absolute atomic E-state index is 0.314. The first-order chi connectivity index (χ1) is 8.06. The molecule has 0 heterocycles. The number of rotatable bonds is 4. The van der Waals surface area contributed by atoms with Crippen molar-refractivity contribution in [3.8, 4) is 11.5 Å². The van der Waals surface area contributed by atoms with Crippen LogP contribution in [0.25, 0.3) is 0 Å². The van der Waals surface area contributed by atoms with E-state index in [-0.39, 0.29) is 0 Å². The molecule has 2 rings (SSSR count). The summed E-state index contributed by atoms with van der Waals surface area (Å²) in [6.45, 7) is 4.57. The van der Waals surface area contributed by atoms with Gasteiger partial charge in [-0.1, -0.05) is 19.9 Å². The lowest BCUT2D eigenvalue weighted by molar-refractivity contribution is 0.354. The Morgan fingerprint density at radius 1 is 1.12 bits per heavy atom. The van der Waals surface area contributed by atoms with Crippen molar-refractivity contribution < 1.29 is 9.47 Å². The largest absolute Gasteiger partial charge is 0.493 e. The van der Waals surface area contributed by atoms with Crippen LogP contribution in [0.15, 0.2) is 18.2 Å². The fourth-order valence-corrected chi connectivity index (χ4v) is 2.84. The van der Waals surface area contributed by atoms with Gasteiger partial charge in [-0.2, -0.15) is 0 Å². The second-order valence-electron chi connectivity index (χ2n) is 5.18. The Bertz CT molecular complexity index is 415. The van der Waals surface area contributed by atoms with Crippen LogP contribution >= 0.6 is 0 Å². The number of hydrogen-bond acceptors (Lipinski definition) is 3. The number of ether oxygens (including phenoxy) is 2. The second-order valence-corrected chi connectivity index (χ2v) is 5.18. The summed E-state index contributed by atoms with van der Waals surface area (Å²) >= 11 is 0. The van der Waals surface area contributed by atoms with Gasteiger partial charge in [0.1, 0.15) is 0 Å². The Morgan fingerprint density at radius 3 is 2.24 bits per heavy atom. The molecule has 1 fully saturated rings. The van der Waals surface area contributed by atoms with Crippen molar-refractivity contribution in [1.29, 1.82) is 0 Å². The molecule has 1 aliphatic carbocycles. The van der Waals surface area contributed by atoms with Crippen LogP contribution in [0.4, 0.5) is 0 Å². The van der Waals surface area contributed by atoms with E-state index < -0.39 is 0 Å². The molecular weight excluding hydrogens is 214 g/mol. The molecule has 94 valence electrons. The fraction of sp³-hybridized carbons (Fsp3) is 0.571. The zero-order valence-corrected chi connectivity index (χ0v) is 11.2. The van der Waals surface area contributed by atoms with Crippen LogP contribution in [0, 0.1) is 5.41 Å². The van der Waals surface area contributed by atoms with Crippen LogP contribution in [0.2, 0.25) is 0 Å². The summed E-state index contributed by atoms with van der Waals surface area (Å²) in [7, 11) is 5.36. The molecule has 1 saturated carbocycles. The molecule has 3 nitrogen and oxygen atoms in total. The summed E-state index contributed by atoms with van der Waals surface area (Å²) < 4.78 is 10.6. The molecule has 0 aromatic heterocycles. The summed E-state index contributed by atoms with van der Waals surface area (Å²) in [5.41, 5.74) is 1.63. The van der Waals surface area contributed by atoms with E-state index in [4.69, 9.17) is 9.47 Å². The van der Waals surface area contributed by atoms with E-state index in [2.05, 4.69) is 31.3 Å². The molecular formula is C14H21NO2. The van der Waals surface area contributed by atoms with Gasteiger partial charge in [-0.3, -0.25) is 0 Å². The maximum absolute atomic E-state index is 5.35. The summed E-state index contributed by atoms with van der Waals surface area (Å²) in [5.74, 6) is 2.14. The van der Waals surface area contributed by atoms with Gasteiger partial charge in [0, 0.05) is 12.0 Å². The second kappa shape index (κ2) is 4.22. The van der Waals surface area contributed by atoms with Crippen molar-refractivity contribution in [2.45, 2.75) is 25.8 Å². The summed E-state index contributed by atoms with van der Waals surface area (Å²) in [6, 6.07) is 6.74. The van der Waals surface area contributed by atoms with Crippen LogP contribution in [-0.4, -0.2) is 27.3 Å². The van der Waals surface area contributed by atoms with Gasteiger partial charge in [0.05, 0.1) is 14.2 Å². The van der Waals surface area contributed by atoms with Crippen LogP contribution in [0.3, 0.4) is 0 Å². The Morgan fingerprint density at radius 2 is 1.76 bits per heavy atom. The highest BCUT2D eigenvalue weighted by atomic mass is 16.5. The number of hydrogen-bond donors (Lipinski definition) is 1. The van der Waals surface area contributed by atoms with Gasteiger partial charge >= 0.3 is 0 Å². The average Bonchev–Trinajstić information content (AvgIpc) is 2.90. The SMILES string of the molecule is CNC1C(c2ccc(OC)c(OC)c2)C1(C)C. The van der Waals surface area contributed by atoms with Gasteiger partial charge in [-0.15, -0.1) is 0 Å². The third-order valence-corrected chi connectivity index (χ3v) is 3.91. The van der Waals surface area contributed by atoms with Crippen molar-refractivity contribution in [2.75, 3.05) is 21.3 Å². The molecule has 2 atom stereocenters. The van der Waals surface area contributed by atoms with Gasteiger partial charge in [0.2, 0.25) is 0 Å². The summed E-state index contributed by atoms with van der Waals surface area (Å²) in [6.07, 6.45) is 0. The Hall–Kier alpha value is -1.22. The Labute approximate surface area is 103 Å². The van der Waals surface area contributed by atoms with Crippen molar-refractivity contribution in [3.63, 3.8) is 0 Å². The molecule has 0 amide bonds. The lowest BCUT2D eigenvalue weighted by atomic mass is 10.0. The molecule has 1 aromatic rings. The zero-order chi connectivity index (χ0) is 12.6. The van der Waals surface area contributed by atoms with Crippen molar-refractivity contribution >= 4 is 0 Å². The van der Waals surface area contributed by atoms with Crippen LogP contribution < -0.4 is 14.8 Å². The van der Waals surface area contributed by atoms with Gasteiger partial charge in [0.25, 0.3) is 0 Å². The molecule has 0 bridgehead atoms. The van der Waals surface area contributed by atoms with Gasteiger partial charge in [-0.25, -0.2) is 0 Å². The predicted octanol–water partition coefficient (Wildman–Crippen LogP) is 2.42. The number of likely N-dealkylation sites (N-methyl/N-ethyl adjacent to an activating group) is 1. The first kappa shape index (κ1) is 12.2. The predicted molar refractivity (Wildman–Crippen MR) is 68.9 cm³/mol. The summed E-state index contributed by atoms with van der Waals surface area (Å²) in [5, 5.41) is 3.37. The van der Waals surface area contributed by atoms with Gasteiger partial charge in [0.15, 0.2) is 11.5 Å². The van der Waals surface area contributed by atoms with Gasteiger partial charge in [-0.05, 0) is 30.2 Å². The highest BCUT2D eigenvalue weighted by Crippen LogP contribution is 2.59. The molecule has 0 radical (unpaired) electrons. The van der Waals surface area contributed by atoms with Crippen LogP contribution in [-0.2, 0) is 0 Å². The van der Waals surface area contributed by atoms with E-state index in [0.29, 0.717) is 17.4 Å². The standard InChI is InChI=1S/C14H21NO2/c1-14(2)12(13(14)15-3)9-6-7-10(16-4)11(8-9)17-5/h6-8,12-13,15H,1-5H3. The van der Waals surface area contributed by atoms with E-state index in [1.165, 1.54) is 5.56 Å². The fourth-order valence-electron chi connectivity index (χ4n) is 2.84. The lowest BCUT2D eigenvalue weighted by Crippen LogP contribution is -2.14. The maximum Gasteiger partial charge on any atom is 0.160 e. The molecule has 1 aliphatic rings. The molecule has 3 heteroatoms. The third kappa shape index (κ3) is 1.89. The summed E-state index contributed by atoms with van der Waals surface area (Å²) in [4.78, 5) is 0. The molecule has 0 aliphatic heterocycles. The lowest BCUT2D eigenvalue weighted by Gasteiger charge is -2.10. The van der Waals surface area contributed by atoms with Crippen LogP contribution in [0.5, 0.6) is 11.5 Å².